The molecule has 1 heterocycles. The van der Waals surface area contributed by atoms with Gasteiger partial charge >= 0.3 is 0 Å². The van der Waals surface area contributed by atoms with Crippen molar-refractivity contribution in [2.45, 2.75) is 17.6 Å². The largest absolute Gasteiger partial charge is 0.340 e. The Morgan fingerprint density at radius 1 is 1.17 bits per heavy atom. The van der Waals surface area contributed by atoms with Crippen LogP contribution in [0, 0.1) is 6.92 Å². The van der Waals surface area contributed by atoms with Crippen LogP contribution < -0.4 is 5.32 Å². The van der Waals surface area contributed by atoms with Crippen LogP contribution >= 0.6 is 23.4 Å². The topological polar surface area (TPSA) is 88.3 Å². The number of thioether (sulfide) groups is 1. The molecule has 3 rings (SSSR count). The number of rotatable bonds is 7. The van der Waals surface area contributed by atoms with Crippen molar-refractivity contribution in [3.8, 4) is 0 Å². The van der Waals surface area contributed by atoms with Gasteiger partial charge in [-0.3, -0.25) is 9.59 Å². The molecule has 0 radical (unpaired) electrons. The predicted octanol–water partition coefficient (Wildman–Crippen LogP) is 4.03. The summed E-state index contributed by atoms with van der Waals surface area (Å²) in [5.74, 6) is 0.933. The first-order chi connectivity index (χ1) is 13.9. The van der Waals surface area contributed by atoms with Gasteiger partial charge in [0.25, 0.3) is 5.91 Å². The van der Waals surface area contributed by atoms with Gasteiger partial charge in [-0.25, -0.2) is 0 Å². The molecule has 0 saturated heterocycles. The fourth-order valence-electron chi connectivity index (χ4n) is 2.56. The van der Waals surface area contributed by atoms with Crippen LogP contribution in [-0.4, -0.2) is 40.4 Å². The minimum atomic E-state index is -0.332. The Balaban J connectivity index is 1.64. The Morgan fingerprint density at radius 3 is 2.62 bits per heavy atom. The Hall–Kier alpha value is -2.84. The van der Waals surface area contributed by atoms with Crippen molar-refractivity contribution in [2.24, 2.45) is 0 Å². The monoisotopic (exact) mass is 430 g/mol. The maximum Gasteiger partial charge on any atom is 0.255 e. The number of nitrogens with one attached hydrogen (secondary N) is 1. The summed E-state index contributed by atoms with van der Waals surface area (Å²) in [7, 11) is 1.58. The van der Waals surface area contributed by atoms with Gasteiger partial charge in [0, 0.05) is 18.9 Å². The van der Waals surface area contributed by atoms with Gasteiger partial charge in [0.05, 0.1) is 28.6 Å². The number of aryl methyl sites for hydroxylation is 1. The fourth-order valence-corrected chi connectivity index (χ4v) is 3.63. The molecule has 29 heavy (non-hydrogen) atoms. The van der Waals surface area contributed by atoms with Crippen LogP contribution in [0.1, 0.15) is 22.1 Å². The highest BCUT2D eigenvalue weighted by Crippen LogP contribution is 2.26. The van der Waals surface area contributed by atoms with Crippen LogP contribution in [0.4, 0.5) is 5.69 Å². The van der Waals surface area contributed by atoms with Crippen LogP contribution in [0.3, 0.4) is 0 Å². The number of carbonyl (C=O) groups is 2. The SMILES string of the molecule is Cc1nc(CSc2ccccc2C(=O)N(C)CC(=O)Nc2ccccc2Cl)no1. The summed E-state index contributed by atoms with van der Waals surface area (Å²) in [6.45, 7) is 1.62. The number of amides is 2. The van der Waals surface area contributed by atoms with Crippen LogP contribution in [0.2, 0.25) is 5.02 Å². The fraction of sp³-hybridized carbons (Fsp3) is 0.200. The summed E-state index contributed by atoms with van der Waals surface area (Å²) in [5, 5.41) is 7.01. The first-order valence-electron chi connectivity index (χ1n) is 8.75. The van der Waals surface area contributed by atoms with Crippen molar-refractivity contribution in [1.82, 2.24) is 15.0 Å². The number of hydrogen-bond acceptors (Lipinski definition) is 6. The summed E-state index contributed by atoms with van der Waals surface area (Å²) < 4.78 is 4.97. The first kappa shape index (κ1) is 20.9. The van der Waals surface area contributed by atoms with E-state index in [1.807, 2.05) is 12.1 Å². The number of anilines is 1. The molecule has 1 aromatic heterocycles. The molecule has 0 spiro atoms. The van der Waals surface area contributed by atoms with Crippen molar-refractivity contribution in [2.75, 3.05) is 18.9 Å². The van der Waals surface area contributed by atoms with E-state index in [9.17, 15) is 9.59 Å². The second-order valence-electron chi connectivity index (χ2n) is 6.20. The van der Waals surface area contributed by atoms with E-state index in [4.69, 9.17) is 16.1 Å². The molecule has 0 aliphatic heterocycles. The third-order valence-corrected chi connectivity index (χ3v) is 5.32. The maximum absolute atomic E-state index is 12.9. The van der Waals surface area contributed by atoms with E-state index in [0.717, 1.165) is 4.90 Å². The lowest BCUT2D eigenvalue weighted by Crippen LogP contribution is -2.35. The Bertz CT molecular complexity index is 1020. The molecule has 2 aromatic carbocycles. The lowest BCUT2D eigenvalue weighted by Gasteiger charge is -2.18. The molecule has 0 bridgehead atoms. The Labute approximate surface area is 177 Å². The second-order valence-corrected chi connectivity index (χ2v) is 7.63. The average molecular weight is 431 g/mol. The molecular weight excluding hydrogens is 412 g/mol. The summed E-state index contributed by atoms with van der Waals surface area (Å²) in [6.07, 6.45) is 0. The Kier molecular flexibility index (Phi) is 6.90. The molecule has 0 aliphatic rings. The molecule has 1 N–H and O–H groups in total. The van der Waals surface area contributed by atoms with E-state index in [-0.39, 0.29) is 18.4 Å². The summed E-state index contributed by atoms with van der Waals surface area (Å²) in [5.41, 5.74) is 1.01. The van der Waals surface area contributed by atoms with Crippen LogP contribution in [0.25, 0.3) is 0 Å². The number of carbonyl (C=O) groups excluding carboxylic acids is 2. The average Bonchev–Trinajstić information content (AvgIpc) is 3.13. The molecule has 150 valence electrons. The number of nitrogens with zero attached hydrogens (tertiary/aromatic N) is 3. The Morgan fingerprint density at radius 2 is 1.90 bits per heavy atom. The van der Waals surface area contributed by atoms with Crippen molar-refractivity contribution < 1.29 is 14.1 Å². The second kappa shape index (κ2) is 9.58. The van der Waals surface area contributed by atoms with Gasteiger partial charge in [-0.15, -0.1) is 11.8 Å². The van der Waals surface area contributed by atoms with Crippen LogP contribution in [0.5, 0.6) is 0 Å². The molecule has 0 fully saturated rings. The van der Waals surface area contributed by atoms with E-state index in [0.29, 0.717) is 33.7 Å². The number of benzene rings is 2. The molecule has 0 atom stereocenters. The standard InChI is InChI=1S/C20H19ClN4O3S/c1-13-22-18(24-28-13)12-29-17-10-6-3-7-14(17)20(27)25(2)11-19(26)23-16-9-5-4-8-15(16)21/h3-10H,11-12H2,1-2H3,(H,23,26). The van der Waals surface area contributed by atoms with Gasteiger partial charge in [-0.1, -0.05) is 41.0 Å². The molecule has 2 amide bonds. The lowest BCUT2D eigenvalue weighted by molar-refractivity contribution is -0.116. The number of halogens is 1. The zero-order chi connectivity index (χ0) is 20.8. The third-order valence-electron chi connectivity index (χ3n) is 3.92. The number of aromatic nitrogens is 2. The molecule has 3 aromatic rings. The van der Waals surface area contributed by atoms with Gasteiger partial charge in [0.2, 0.25) is 11.8 Å². The van der Waals surface area contributed by atoms with Gasteiger partial charge in [0.1, 0.15) is 0 Å². The maximum atomic E-state index is 12.9. The molecule has 7 nitrogen and oxygen atoms in total. The van der Waals surface area contributed by atoms with E-state index in [1.165, 1.54) is 16.7 Å². The minimum Gasteiger partial charge on any atom is -0.340 e. The van der Waals surface area contributed by atoms with Crippen molar-refractivity contribution >= 4 is 40.9 Å². The van der Waals surface area contributed by atoms with Gasteiger partial charge in [0.15, 0.2) is 5.82 Å². The zero-order valence-corrected chi connectivity index (χ0v) is 17.5. The highest BCUT2D eigenvalue weighted by Gasteiger charge is 2.19. The molecule has 0 saturated carbocycles. The molecule has 9 heteroatoms. The van der Waals surface area contributed by atoms with E-state index < -0.39 is 0 Å². The minimum absolute atomic E-state index is 0.104. The van der Waals surface area contributed by atoms with Crippen LogP contribution in [0.15, 0.2) is 57.9 Å². The highest BCUT2D eigenvalue weighted by atomic mass is 35.5. The third kappa shape index (κ3) is 5.58. The quantitative estimate of drug-likeness (QED) is 0.569. The zero-order valence-electron chi connectivity index (χ0n) is 15.9. The van der Waals surface area contributed by atoms with Crippen LogP contribution in [-0.2, 0) is 10.5 Å². The van der Waals surface area contributed by atoms with Gasteiger partial charge in [-0.2, -0.15) is 4.98 Å². The van der Waals surface area contributed by atoms with Crippen molar-refractivity contribution in [3.05, 3.63) is 70.8 Å². The molecule has 0 aliphatic carbocycles. The van der Waals surface area contributed by atoms with E-state index in [1.54, 1.807) is 50.4 Å². The number of likely N-dealkylation sites (N-methyl/N-ethyl adjacent to an activating group) is 1. The predicted molar refractivity (Wildman–Crippen MR) is 112 cm³/mol. The highest BCUT2D eigenvalue weighted by molar-refractivity contribution is 7.98. The smallest absolute Gasteiger partial charge is 0.255 e. The summed E-state index contributed by atoms with van der Waals surface area (Å²) in [6, 6.07) is 14.2. The van der Waals surface area contributed by atoms with E-state index >= 15 is 0 Å². The number of para-hydroxylation sites is 1. The number of hydrogen-bond donors (Lipinski definition) is 1. The summed E-state index contributed by atoms with van der Waals surface area (Å²) in [4.78, 5) is 31.5. The van der Waals surface area contributed by atoms with Crippen molar-refractivity contribution in [1.29, 1.82) is 0 Å². The molecular formula is C20H19ClN4O3S. The van der Waals surface area contributed by atoms with Crippen molar-refractivity contribution in [3.63, 3.8) is 0 Å². The molecule has 0 unspecified atom stereocenters. The first-order valence-corrected chi connectivity index (χ1v) is 10.1. The lowest BCUT2D eigenvalue weighted by atomic mass is 10.2. The van der Waals surface area contributed by atoms with E-state index in [2.05, 4.69) is 15.5 Å². The van der Waals surface area contributed by atoms with Gasteiger partial charge in [-0.05, 0) is 24.3 Å². The van der Waals surface area contributed by atoms with Gasteiger partial charge < -0.3 is 14.7 Å². The summed E-state index contributed by atoms with van der Waals surface area (Å²) >= 11 is 7.49. The normalized spacial score (nSPS) is 10.6.